The van der Waals surface area contributed by atoms with Gasteiger partial charge in [0.05, 0.1) is 5.92 Å². The highest BCUT2D eigenvalue weighted by Crippen LogP contribution is 2.29. The lowest BCUT2D eigenvalue weighted by Crippen LogP contribution is -2.50. The van der Waals surface area contributed by atoms with E-state index in [4.69, 9.17) is 4.52 Å². The van der Waals surface area contributed by atoms with Crippen LogP contribution in [0.25, 0.3) is 11.4 Å². The zero-order valence-electron chi connectivity index (χ0n) is 10.9. The molecule has 0 aromatic carbocycles. The van der Waals surface area contributed by atoms with Crippen LogP contribution in [0.3, 0.4) is 0 Å². The molecule has 0 aliphatic carbocycles. The van der Waals surface area contributed by atoms with Crippen LogP contribution in [0.1, 0.15) is 25.7 Å². The van der Waals surface area contributed by atoms with E-state index in [1.54, 1.807) is 11.3 Å². The normalized spacial score (nSPS) is 15.8. The summed E-state index contributed by atoms with van der Waals surface area (Å²) in [5.41, 5.74) is 0.981. The maximum absolute atomic E-state index is 11.8. The number of amides is 1. The molecule has 5 nitrogen and oxygen atoms in total. The highest BCUT2D eigenvalue weighted by molar-refractivity contribution is 7.08. The van der Waals surface area contributed by atoms with Crippen LogP contribution in [0.4, 0.5) is 0 Å². The second kappa shape index (κ2) is 4.77. The molecule has 1 aliphatic heterocycles. The minimum atomic E-state index is 0.0463. The van der Waals surface area contributed by atoms with Gasteiger partial charge in [-0.3, -0.25) is 4.79 Å². The molecule has 0 radical (unpaired) electrons. The van der Waals surface area contributed by atoms with Crippen LogP contribution in [-0.2, 0) is 4.79 Å². The number of carbonyl (C=O) groups is 1. The van der Waals surface area contributed by atoms with Crippen LogP contribution in [0.5, 0.6) is 0 Å². The molecule has 2 aromatic rings. The van der Waals surface area contributed by atoms with E-state index in [1.165, 1.54) is 0 Å². The number of thiophene rings is 1. The molecular weight excluding hydrogens is 262 g/mol. The van der Waals surface area contributed by atoms with Gasteiger partial charge in [0.15, 0.2) is 0 Å². The zero-order chi connectivity index (χ0) is 13.4. The molecule has 6 heteroatoms. The Bertz CT molecular complexity index is 570. The molecule has 0 bridgehead atoms. The fourth-order valence-electron chi connectivity index (χ4n) is 2.09. The summed E-state index contributed by atoms with van der Waals surface area (Å²) >= 11 is 1.60. The van der Waals surface area contributed by atoms with Crippen molar-refractivity contribution in [3.05, 3.63) is 22.7 Å². The van der Waals surface area contributed by atoms with E-state index in [0.29, 0.717) is 24.8 Å². The van der Waals surface area contributed by atoms with Gasteiger partial charge in [0, 0.05) is 30.0 Å². The summed E-state index contributed by atoms with van der Waals surface area (Å²) in [6.07, 6.45) is 0. The van der Waals surface area contributed by atoms with Gasteiger partial charge < -0.3 is 9.42 Å². The first-order chi connectivity index (χ1) is 9.15. The third kappa shape index (κ3) is 2.28. The van der Waals surface area contributed by atoms with E-state index in [0.717, 1.165) is 5.56 Å². The summed E-state index contributed by atoms with van der Waals surface area (Å²) in [6, 6.07) is 1.97. The lowest BCUT2D eigenvalue weighted by Gasteiger charge is -2.38. The summed E-state index contributed by atoms with van der Waals surface area (Å²) in [6.45, 7) is 5.19. The molecule has 3 rings (SSSR count). The molecule has 1 aliphatic rings. The van der Waals surface area contributed by atoms with Gasteiger partial charge in [-0.2, -0.15) is 16.3 Å². The minimum Gasteiger partial charge on any atom is -0.341 e. The molecule has 1 amide bonds. The van der Waals surface area contributed by atoms with Gasteiger partial charge in [0.1, 0.15) is 0 Å². The van der Waals surface area contributed by atoms with Crippen LogP contribution in [0.2, 0.25) is 0 Å². The van der Waals surface area contributed by atoms with Crippen LogP contribution in [-0.4, -0.2) is 34.0 Å². The lowest BCUT2D eigenvalue weighted by molar-refractivity contribution is -0.139. The first-order valence-electron chi connectivity index (χ1n) is 6.30. The molecule has 0 N–H and O–H groups in total. The Kier molecular flexibility index (Phi) is 3.10. The van der Waals surface area contributed by atoms with Crippen molar-refractivity contribution in [3.8, 4) is 11.4 Å². The molecule has 19 heavy (non-hydrogen) atoms. The number of rotatable bonds is 3. The predicted molar refractivity (Wildman–Crippen MR) is 71.8 cm³/mol. The smallest absolute Gasteiger partial charge is 0.233 e. The minimum absolute atomic E-state index is 0.0463. The lowest BCUT2D eigenvalue weighted by atomic mass is 9.98. The van der Waals surface area contributed by atoms with Crippen molar-refractivity contribution < 1.29 is 9.32 Å². The predicted octanol–water partition coefficient (Wildman–Crippen LogP) is 2.38. The van der Waals surface area contributed by atoms with Gasteiger partial charge in [-0.05, 0) is 11.4 Å². The fraction of sp³-hybridized carbons (Fsp3) is 0.462. The monoisotopic (exact) mass is 277 g/mol. The van der Waals surface area contributed by atoms with Gasteiger partial charge in [-0.15, -0.1) is 0 Å². The van der Waals surface area contributed by atoms with Crippen molar-refractivity contribution in [2.24, 2.45) is 5.92 Å². The van der Waals surface area contributed by atoms with Crippen LogP contribution >= 0.6 is 11.3 Å². The number of hydrogen-bond acceptors (Lipinski definition) is 5. The number of carbonyl (C=O) groups excluding carboxylic acids is 1. The van der Waals surface area contributed by atoms with Crippen molar-refractivity contribution in [1.29, 1.82) is 0 Å². The van der Waals surface area contributed by atoms with Crippen molar-refractivity contribution in [1.82, 2.24) is 15.0 Å². The van der Waals surface area contributed by atoms with Gasteiger partial charge in [-0.1, -0.05) is 19.0 Å². The Balaban J connectivity index is 1.65. The van der Waals surface area contributed by atoms with E-state index in [2.05, 4.69) is 10.1 Å². The largest absolute Gasteiger partial charge is 0.341 e. The number of likely N-dealkylation sites (tertiary alicyclic amines) is 1. The number of aromatic nitrogens is 2. The van der Waals surface area contributed by atoms with Crippen LogP contribution < -0.4 is 0 Å². The van der Waals surface area contributed by atoms with Crippen LogP contribution in [0, 0.1) is 5.92 Å². The molecule has 0 saturated carbocycles. The van der Waals surface area contributed by atoms with Crippen molar-refractivity contribution in [2.45, 2.75) is 19.8 Å². The second-order valence-corrected chi connectivity index (χ2v) is 5.84. The Morgan fingerprint density at radius 3 is 2.95 bits per heavy atom. The quantitative estimate of drug-likeness (QED) is 0.864. The third-order valence-corrected chi connectivity index (χ3v) is 3.94. The number of hydrogen-bond donors (Lipinski definition) is 0. The second-order valence-electron chi connectivity index (χ2n) is 5.06. The molecule has 3 heterocycles. The SMILES string of the molecule is CC(C)C(=O)N1CC(c2nc(-c3ccsc3)no2)C1. The molecule has 0 unspecified atom stereocenters. The summed E-state index contributed by atoms with van der Waals surface area (Å²) in [5.74, 6) is 1.68. The van der Waals surface area contributed by atoms with E-state index in [1.807, 2.05) is 35.6 Å². The number of nitrogens with zero attached hydrogens (tertiary/aromatic N) is 3. The molecule has 0 spiro atoms. The van der Waals surface area contributed by atoms with Gasteiger partial charge >= 0.3 is 0 Å². The Hall–Kier alpha value is -1.69. The van der Waals surface area contributed by atoms with Crippen molar-refractivity contribution in [2.75, 3.05) is 13.1 Å². The Morgan fingerprint density at radius 2 is 2.32 bits per heavy atom. The summed E-state index contributed by atoms with van der Waals surface area (Å²) in [5, 5.41) is 7.96. The topological polar surface area (TPSA) is 59.2 Å². The van der Waals surface area contributed by atoms with E-state index in [9.17, 15) is 4.79 Å². The molecule has 0 atom stereocenters. The third-order valence-electron chi connectivity index (χ3n) is 3.26. The maximum atomic E-state index is 11.8. The van der Waals surface area contributed by atoms with E-state index < -0.39 is 0 Å². The van der Waals surface area contributed by atoms with Gasteiger partial charge in [-0.25, -0.2) is 0 Å². The first-order valence-corrected chi connectivity index (χ1v) is 7.24. The molecule has 100 valence electrons. The Morgan fingerprint density at radius 1 is 1.53 bits per heavy atom. The standard InChI is InChI=1S/C13H15N3O2S/c1-8(2)13(17)16-5-10(6-16)12-14-11(15-18-12)9-3-4-19-7-9/h3-4,7-8,10H,5-6H2,1-2H3. The van der Waals surface area contributed by atoms with Crippen molar-refractivity contribution in [3.63, 3.8) is 0 Å². The van der Waals surface area contributed by atoms with Gasteiger partial charge in [0.25, 0.3) is 0 Å². The van der Waals surface area contributed by atoms with Crippen LogP contribution in [0.15, 0.2) is 21.3 Å². The van der Waals surface area contributed by atoms with E-state index in [-0.39, 0.29) is 17.7 Å². The highest BCUT2D eigenvalue weighted by atomic mass is 32.1. The average molecular weight is 277 g/mol. The first kappa shape index (κ1) is 12.3. The molecule has 2 aromatic heterocycles. The fourth-order valence-corrected chi connectivity index (χ4v) is 2.72. The molecule has 1 saturated heterocycles. The summed E-state index contributed by atoms with van der Waals surface area (Å²) in [4.78, 5) is 18.0. The summed E-state index contributed by atoms with van der Waals surface area (Å²) < 4.78 is 5.29. The maximum Gasteiger partial charge on any atom is 0.233 e. The molecule has 1 fully saturated rings. The Labute approximate surface area is 115 Å². The average Bonchev–Trinajstić information content (AvgIpc) is 2.96. The summed E-state index contributed by atoms with van der Waals surface area (Å²) in [7, 11) is 0. The highest BCUT2D eigenvalue weighted by Gasteiger charge is 2.36. The van der Waals surface area contributed by atoms with E-state index >= 15 is 0 Å². The zero-order valence-corrected chi connectivity index (χ0v) is 11.7. The van der Waals surface area contributed by atoms with Gasteiger partial charge in [0.2, 0.25) is 17.6 Å². The van der Waals surface area contributed by atoms with Crippen molar-refractivity contribution >= 4 is 17.2 Å². The molecular formula is C13H15N3O2S.